The number of nitrogens with zero attached hydrogens (tertiary/aromatic N) is 4. The van der Waals surface area contributed by atoms with Crippen molar-refractivity contribution < 1.29 is 0 Å². The van der Waals surface area contributed by atoms with Crippen molar-refractivity contribution >= 4 is 23.1 Å². The third kappa shape index (κ3) is 2.85. The third-order valence-electron chi connectivity index (χ3n) is 2.33. The molecule has 2 heterocycles. The molecular formula is C10H13ClN6. The van der Waals surface area contributed by atoms with Crippen molar-refractivity contribution in [3.63, 3.8) is 0 Å². The lowest BCUT2D eigenvalue weighted by molar-refractivity contribution is 0.725. The number of nitrogens with two attached hydrogens (primary N) is 1. The van der Waals surface area contributed by atoms with Gasteiger partial charge in [-0.2, -0.15) is 4.98 Å². The van der Waals surface area contributed by atoms with Crippen LogP contribution in [0.3, 0.4) is 0 Å². The van der Waals surface area contributed by atoms with E-state index in [-0.39, 0.29) is 5.28 Å². The summed E-state index contributed by atoms with van der Waals surface area (Å²) in [7, 11) is 0. The molecule has 0 spiro atoms. The van der Waals surface area contributed by atoms with Crippen molar-refractivity contribution in [3.8, 4) is 0 Å². The Hall–Kier alpha value is -1.82. The first-order chi connectivity index (χ1) is 8.16. The second-order valence-corrected chi connectivity index (χ2v) is 3.91. The third-order valence-corrected chi connectivity index (χ3v) is 2.50. The van der Waals surface area contributed by atoms with E-state index in [4.69, 9.17) is 17.3 Å². The van der Waals surface area contributed by atoms with Crippen LogP contribution >= 0.6 is 11.6 Å². The molecule has 0 aliphatic rings. The van der Waals surface area contributed by atoms with Crippen molar-refractivity contribution in [1.82, 2.24) is 19.5 Å². The predicted octanol–water partition coefficient (Wildman–Crippen LogP) is 1.33. The van der Waals surface area contributed by atoms with Crippen LogP contribution in [-0.2, 0) is 6.54 Å². The zero-order valence-corrected chi connectivity index (χ0v) is 10.1. The second kappa shape index (κ2) is 5.01. The molecule has 0 saturated carbocycles. The molecule has 0 aliphatic carbocycles. The molecule has 2 aromatic rings. The lowest BCUT2D eigenvalue weighted by atomic mass is 10.3. The van der Waals surface area contributed by atoms with Crippen LogP contribution in [0.2, 0.25) is 5.28 Å². The number of imidazole rings is 1. The molecule has 6 nitrogen and oxygen atoms in total. The van der Waals surface area contributed by atoms with E-state index in [0.717, 1.165) is 6.54 Å². The average Bonchev–Trinajstić information content (AvgIpc) is 2.78. The zero-order valence-electron chi connectivity index (χ0n) is 9.39. The zero-order chi connectivity index (χ0) is 12.3. The van der Waals surface area contributed by atoms with E-state index in [1.54, 1.807) is 19.4 Å². The molecule has 2 aromatic heterocycles. The second-order valence-electron chi connectivity index (χ2n) is 3.57. The lowest BCUT2D eigenvalue weighted by Gasteiger charge is -2.10. The maximum Gasteiger partial charge on any atom is 0.224 e. The number of nitrogen functional groups attached to an aromatic ring is 1. The molecular weight excluding hydrogens is 240 g/mol. The van der Waals surface area contributed by atoms with Gasteiger partial charge in [-0.1, -0.05) is 0 Å². The van der Waals surface area contributed by atoms with Crippen molar-refractivity contribution in [2.45, 2.75) is 13.5 Å². The molecule has 90 valence electrons. The Morgan fingerprint density at radius 3 is 3.00 bits per heavy atom. The Morgan fingerprint density at radius 1 is 1.47 bits per heavy atom. The van der Waals surface area contributed by atoms with Gasteiger partial charge in [0.2, 0.25) is 5.28 Å². The molecule has 17 heavy (non-hydrogen) atoms. The summed E-state index contributed by atoms with van der Waals surface area (Å²) in [5.41, 5.74) is 7.05. The van der Waals surface area contributed by atoms with Crippen LogP contribution < -0.4 is 11.1 Å². The van der Waals surface area contributed by atoms with Crippen LogP contribution in [0.25, 0.3) is 0 Å². The highest BCUT2D eigenvalue weighted by Gasteiger charge is 2.06. The lowest BCUT2D eigenvalue weighted by Crippen LogP contribution is -2.13. The summed E-state index contributed by atoms with van der Waals surface area (Å²) in [4.78, 5) is 12.0. The maximum atomic E-state index is 5.85. The molecule has 0 bridgehead atoms. The number of aromatic nitrogens is 4. The molecule has 0 amide bonds. The van der Waals surface area contributed by atoms with E-state index in [1.807, 2.05) is 10.8 Å². The van der Waals surface area contributed by atoms with E-state index < -0.39 is 0 Å². The minimum atomic E-state index is 0.196. The molecule has 0 fully saturated rings. The molecule has 0 atom stereocenters. The van der Waals surface area contributed by atoms with E-state index in [1.165, 1.54) is 0 Å². The standard InChI is InChI=1S/C10H13ClN6/c1-7-8(12)9(16-10(11)15-7)14-3-5-17-4-2-13-6-17/h2,4,6H,3,5,12H2,1H3,(H,14,15,16). The highest BCUT2D eigenvalue weighted by molar-refractivity contribution is 6.28. The normalized spacial score (nSPS) is 10.5. The fraction of sp³-hybridized carbons (Fsp3) is 0.300. The number of halogens is 1. The summed E-state index contributed by atoms with van der Waals surface area (Å²) < 4.78 is 1.96. The molecule has 7 heteroatoms. The number of rotatable bonds is 4. The maximum absolute atomic E-state index is 5.85. The fourth-order valence-electron chi connectivity index (χ4n) is 1.40. The predicted molar refractivity (Wildman–Crippen MR) is 66.9 cm³/mol. The molecule has 0 saturated heterocycles. The summed E-state index contributed by atoms with van der Waals surface area (Å²) in [5.74, 6) is 0.572. The highest BCUT2D eigenvalue weighted by Crippen LogP contribution is 2.20. The van der Waals surface area contributed by atoms with Gasteiger partial charge in [0, 0.05) is 25.5 Å². The van der Waals surface area contributed by atoms with Crippen LogP contribution in [0.1, 0.15) is 5.69 Å². The van der Waals surface area contributed by atoms with Gasteiger partial charge >= 0.3 is 0 Å². The number of aryl methyl sites for hydroxylation is 1. The van der Waals surface area contributed by atoms with Crippen molar-refractivity contribution in [2.24, 2.45) is 0 Å². The van der Waals surface area contributed by atoms with E-state index in [0.29, 0.717) is 23.7 Å². The molecule has 0 radical (unpaired) electrons. The summed E-state index contributed by atoms with van der Waals surface area (Å²) in [6.07, 6.45) is 5.38. The number of hydrogen-bond acceptors (Lipinski definition) is 5. The van der Waals surface area contributed by atoms with Gasteiger partial charge in [-0.15, -0.1) is 0 Å². The monoisotopic (exact) mass is 252 g/mol. The molecule has 3 N–H and O–H groups in total. The molecule has 2 rings (SSSR count). The Labute approximate surface area is 104 Å². The SMILES string of the molecule is Cc1nc(Cl)nc(NCCn2ccnc2)c1N. The van der Waals surface area contributed by atoms with E-state index in [2.05, 4.69) is 20.3 Å². The van der Waals surface area contributed by atoms with Gasteiger partial charge in [0.15, 0.2) is 5.82 Å². The first-order valence-corrected chi connectivity index (χ1v) is 5.54. The Bertz CT molecular complexity index is 496. The summed E-state index contributed by atoms with van der Waals surface area (Å²) in [6.45, 7) is 3.26. The minimum absolute atomic E-state index is 0.196. The quantitative estimate of drug-likeness (QED) is 0.803. The largest absolute Gasteiger partial charge is 0.394 e. The topological polar surface area (TPSA) is 81.7 Å². The summed E-state index contributed by atoms with van der Waals surface area (Å²) in [6, 6.07) is 0. The van der Waals surface area contributed by atoms with Gasteiger partial charge in [-0.25, -0.2) is 9.97 Å². The highest BCUT2D eigenvalue weighted by atomic mass is 35.5. The Morgan fingerprint density at radius 2 is 2.29 bits per heavy atom. The first kappa shape index (κ1) is 11.7. The van der Waals surface area contributed by atoms with Gasteiger partial charge < -0.3 is 15.6 Å². The van der Waals surface area contributed by atoms with Crippen molar-refractivity contribution in [3.05, 3.63) is 29.7 Å². The van der Waals surface area contributed by atoms with Crippen molar-refractivity contribution in [2.75, 3.05) is 17.6 Å². The number of nitrogens with one attached hydrogen (secondary N) is 1. The van der Waals surface area contributed by atoms with Gasteiger partial charge in [0.1, 0.15) is 0 Å². The van der Waals surface area contributed by atoms with Gasteiger partial charge in [-0.05, 0) is 18.5 Å². The molecule has 0 aliphatic heterocycles. The minimum Gasteiger partial charge on any atom is -0.394 e. The molecule has 0 unspecified atom stereocenters. The van der Waals surface area contributed by atoms with Gasteiger partial charge in [0.05, 0.1) is 17.7 Å². The smallest absolute Gasteiger partial charge is 0.224 e. The van der Waals surface area contributed by atoms with Crippen molar-refractivity contribution in [1.29, 1.82) is 0 Å². The average molecular weight is 253 g/mol. The number of anilines is 2. The Balaban J connectivity index is 1.99. The summed E-state index contributed by atoms with van der Waals surface area (Å²) in [5, 5.41) is 3.32. The van der Waals surface area contributed by atoms with Gasteiger partial charge in [0.25, 0.3) is 0 Å². The van der Waals surface area contributed by atoms with Crippen LogP contribution in [0.4, 0.5) is 11.5 Å². The number of hydrogen-bond donors (Lipinski definition) is 2. The van der Waals surface area contributed by atoms with E-state index >= 15 is 0 Å². The summed E-state index contributed by atoms with van der Waals surface area (Å²) >= 11 is 5.77. The van der Waals surface area contributed by atoms with Crippen LogP contribution in [0, 0.1) is 6.92 Å². The van der Waals surface area contributed by atoms with E-state index in [9.17, 15) is 0 Å². The first-order valence-electron chi connectivity index (χ1n) is 5.16. The van der Waals surface area contributed by atoms with Crippen LogP contribution in [0.5, 0.6) is 0 Å². The molecule has 0 aromatic carbocycles. The Kier molecular flexibility index (Phi) is 3.43. The van der Waals surface area contributed by atoms with Gasteiger partial charge in [-0.3, -0.25) is 0 Å². The van der Waals surface area contributed by atoms with Crippen LogP contribution in [0.15, 0.2) is 18.7 Å². The fourth-order valence-corrected chi connectivity index (χ4v) is 1.62. The van der Waals surface area contributed by atoms with Crippen LogP contribution in [-0.4, -0.2) is 26.1 Å².